The van der Waals surface area contributed by atoms with E-state index in [2.05, 4.69) is 50.0 Å². The van der Waals surface area contributed by atoms with E-state index in [4.69, 9.17) is 25.4 Å². The number of hydrogen-bond donors (Lipinski definition) is 4. The SMILES string of the molecule is CCn1nnc([C@H]2O[C@@H](n3cnc4c(NCC(c5ccccc5)c5ccccc5)nc(N5CC[C@@H](c6ncccc6C(N)=O)C5)nc43)[C@H](O)[C@@H]2O)n1. The number of carbonyl (C=O) groups is 1. The van der Waals surface area contributed by atoms with Gasteiger partial charge in [0.25, 0.3) is 5.91 Å². The number of primary amides is 1. The fraction of sp³-hybridized carbons (Fsp3) is 0.333. The lowest BCUT2D eigenvalue weighted by Gasteiger charge is -2.22. The molecule has 0 saturated carbocycles. The van der Waals surface area contributed by atoms with E-state index in [-0.39, 0.29) is 17.7 Å². The Kier molecular flexibility index (Phi) is 9.00. The fourth-order valence-corrected chi connectivity index (χ4v) is 7.08. The summed E-state index contributed by atoms with van der Waals surface area (Å²) in [5.74, 6) is 0.467. The highest BCUT2D eigenvalue weighted by Gasteiger charge is 2.47. The Bertz CT molecular complexity index is 2140. The van der Waals surface area contributed by atoms with Gasteiger partial charge in [-0.25, -0.2) is 4.98 Å². The molecule has 0 aliphatic carbocycles. The van der Waals surface area contributed by atoms with Gasteiger partial charge < -0.3 is 30.9 Å². The van der Waals surface area contributed by atoms with Gasteiger partial charge in [-0.05, 0) is 41.8 Å². The molecule has 1 amide bonds. The van der Waals surface area contributed by atoms with Gasteiger partial charge in [-0.15, -0.1) is 10.2 Å². The van der Waals surface area contributed by atoms with Crippen molar-refractivity contribution >= 4 is 28.8 Å². The largest absolute Gasteiger partial charge is 0.387 e. The normalized spacial score (nSPS) is 21.7. The highest BCUT2D eigenvalue weighted by Crippen LogP contribution is 2.40. The number of nitrogens with zero attached hydrogens (tertiary/aromatic N) is 10. The number of aliphatic hydroxyl groups excluding tert-OH is 2. The van der Waals surface area contributed by atoms with E-state index >= 15 is 0 Å². The number of carbonyl (C=O) groups excluding carboxylic acids is 1. The lowest BCUT2D eigenvalue weighted by molar-refractivity contribution is -0.0384. The van der Waals surface area contributed by atoms with Gasteiger partial charge in [-0.1, -0.05) is 60.7 Å². The molecule has 2 aromatic carbocycles. The van der Waals surface area contributed by atoms with Crippen molar-refractivity contribution < 1.29 is 19.7 Å². The summed E-state index contributed by atoms with van der Waals surface area (Å²) in [4.78, 5) is 34.8. The number of pyridine rings is 1. The Hall–Kier alpha value is -5.84. The lowest BCUT2D eigenvalue weighted by Crippen LogP contribution is -2.29. The molecule has 0 bridgehead atoms. The van der Waals surface area contributed by atoms with Gasteiger partial charge in [-0.3, -0.25) is 14.3 Å². The number of aryl methyl sites for hydroxylation is 1. The van der Waals surface area contributed by atoms with Crippen LogP contribution in [-0.4, -0.2) is 92.7 Å². The molecule has 2 aliphatic rings. The van der Waals surface area contributed by atoms with Crippen molar-refractivity contribution in [2.45, 2.75) is 56.3 Å². The second-order valence-electron chi connectivity index (χ2n) is 12.9. The number of nitrogens with two attached hydrogens (primary N) is 1. The zero-order valence-corrected chi connectivity index (χ0v) is 28.3. The number of imidazole rings is 1. The van der Waals surface area contributed by atoms with E-state index in [1.54, 1.807) is 22.9 Å². The Morgan fingerprint density at radius 1 is 1.00 bits per heavy atom. The van der Waals surface area contributed by atoms with Crippen LogP contribution in [0.2, 0.25) is 0 Å². The average Bonchev–Trinajstić information content (AvgIpc) is 4.00. The first kappa shape index (κ1) is 33.3. The first-order valence-electron chi connectivity index (χ1n) is 17.3. The summed E-state index contributed by atoms with van der Waals surface area (Å²) < 4.78 is 7.81. The van der Waals surface area contributed by atoms with Crippen molar-refractivity contribution in [1.29, 1.82) is 0 Å². The average molecular weight is 703 g/mol. The van der Waals surface area contributed by atoms with Crippen LogP contribution in [0.25, 0.3) is 11.2 Å². The summed E-state index contributed by atoms with van der Waals surface area (Å²) in [5, 5.41) is 38.2. The smallest absolute Gasteiger partial charge is 0.250 e. The van der Waals surface area contributed by atoms with Crippen LogP contribution in [-0.2, 0) is 11.3 Å². The highest BCUT2D eigenvalue weighted by atomic mass is 16.6. The van der Waals surface area contributed by atoms with E-state index in [9.17, 15) is 15.0 Å². The van der Waals surface area contributed by atoms with Gasteiger partial charge in [-0.2, -0.15) is 14.8 Å². The highest BCUT2D eigenvalue weighted by molar-refractivity contribution is 5.94. The molecule has 6 heterocycles. The summed E-state index contributed by atoms with van der Waals surface area (Å²) in [6.07, 6.45) is -0.867. The number of fused-ring (bicyclic) bond motifs is 1. The van der Waals surface area contributed by atoms with Crippen molar-refractivity contribution in [3.8, 4) is 0 Å². The van der Waals surface area contributed by atoms with Crippen LogP contribution >= 0.6 is 0 Å². The molecule has 8 rings (SSSR count). The number of aliphatic hydroxyl groups is 2. The first-order chi connectivity index (χ1) is 25.4. The minimum absolute atomic E-state index is 0.00887. The van der Waals surface area contributed by atoms with Crippen molar-refractivity contribution in [2.75, 3.05) is 29.9 Å². The van der Waals surface area contributed by atoms with E-state index in [0.29, 0.717) is 66.8 Å². The molecule has 0 unspecified atom stereocenters. The van der Waals surface area contributed by atoms with Crippen LogP contribution in [0.3, 0.4) is 0 Å². The molecule has 0 spiro atoms. The first-order valence-corrected chi connectivity index (χ1v) is 17.3. The summed E-state index contributed by atoms with van der Waals surface area (Å²) in [6, 6.07) is 23.9. The zero-order valence-electron chi connectivity index (χ0n) is 28.3. The maximum atomic E-state index is 12.2. The molecule has 5 N–H and O–H groups in total. The maximum absolute atomic E-state index is 12.2. The maximum Gasteiger partial charge on any atom is 0.250 e. The molecule has 2 fully saturated rings. The number of amides is 1. The van der Waals surface area contributed by atoms with Gasteiger partial charge in [0.05, 0.1) is 24.1 Å². The summed E-state index contributed by atoms with van der Waals surface area (Å²) >= 11 is 0. The monoisotopic (exact) mass is 702 g/mol. The molecule has 4 aromatic heterocycles. The Labute approximate surface area is 298 Å². The molecule has 6 aromatic rings. The predicted octanol–water partition coefficient (Wildman–Crippen LogP) is 2.56. The van der Waals surface area contributed by atoms with Crippen LogP contribution in [0.15, 0.2) is 85.3 Å². The van der Waals surface area contributed by atoms with E-state index in [0.717, 1.165) is 11.1 Å². The standard InChI is InChI=1S/C36H38N12O4/c1-2-48-44-33(43-45-48)30-28(49)29(50)35(52-30)47-20-40-27-32(39-18-25(21-10-5-3-6-11-21)22-12-7-4-8-13-22)41-36(42-34(27)47)46-17-15-23(19-46)26-24(31(37)51)14-9-16-38-26/h3-14,16,20,23,25,28-30,35,49-50H,2,15,17-19H2,1H3,(H2,37,51)(H,39,41,42)/t23-,28+,29-,30+,35-/m1/s1. The number of anilines is 2. The second kappa shape index (κ2) is 14.1. The topological polar surface area (TPSA) is 208 Å². The van der Waals surface area contributed by atoms with Gasteiger partial charge in [0.2, 0.25) is 11.8 Å². The number of benzene rings is 2. The van der Waals surface area contributed by atoms with Crippen LogP contribution in [0.4, 0.5) is 11.8 Å². The number of hydrogen-bond acceptors (Lipinski definition) is 13. The molecular weight excluding hydrogens is 664 g/mol. The van der Waals surface area contributed by atoms with E-state index in [1.165, 1.54) is 11.1 Å². The molecule has 2 aliphatic heterocycles. The van der Waals surface area contributed by atoms with Gasteiger partial charge in [0.15, 0.2) is 29.3 Å². The van der Waals surface area contributed by atoms with Crippen molar-refractivity contribution in [1.82, 2.24) is 44.7 Å². The molecule has 5 atom stereocenters. The third-order valence-corrected chi connectivity index (χ3v) is 9.77. The number of rotatable bonds is 11. The summed E-state index contributed by atoms with van der Waals surface area (Å²) in [5.41, 5.74) is 9.86. The third-order valence-electron chi connectivity index (χ3n) is 9.77. The second-order valence-corrected chi connectivity index (χ2v) is 12.9. The molecule has 16 nitrogen and oxygen atoms in total. The third kappa shape index (κ3) is 6.20. The Balaban J connectivity index is 1.16. The van der Waals surface area contributed by atoms with Crippen LogP contribution in [0.5, 0.6) is 0 Å². The van der Waals surface area contributed by atoms with Crippen molar-refractivity contribution in [3.63, 3.8) is 0 Å². The molecule has 0 radical (unpaired) electrons. The molecule has 2 saturated heterocycles. The summed E-state index contributed by atoms with van der Waals surface area (Å²) in [7, 11) is 0. The summed E-state index contributed by atoms with van der Waals surface area (Å²) in [6.45, 7) is 3.94. The fourth-order valence-electron chi connectivity index (χ4n) is 7.08. The van der Waals surface area contributed by atoms with Gasteiger partial charge >= 0.3 is 0 Å². The number of nitrogens with one attached hydrogen (secondary N) is 1. The van der Waals surface area contributed by atoms with Crippen LogP contribution < -0.4 is 16.0 Å². The van der Waals surface area contributed by atoms with Gasteiger partial charge in [0, 0.05) is 37.7 Å². The zero-order chi connectivity index (χ0) is 35.8. The van der Waals surface area contributed by atoms with E-state index < -0.39 is 30.4 Å². The quantitative estimate of drug-likeness (QED) is 0.153. The van der Waals surface area contributed by atoms with Crippen molar-refractivity contribution in [3.05, 3.63) is 114 Å². The van der Waals surface area contributed by atoms with Gasteiger partial charge in [0.1, 0.15) is 12.2 Å². The Morgan fingerprint density at radius 3 is 2.44 bits per heavy atom. The van der Waals surface area contributed by atoms with Crippen molar-refractivity contribution in [2.24, 2.45) is 5.73 Å². The molecule has 16 heteroatoms. The van der Waals surface area contributed by atoms with Crippen LogP contribution in [0.1, 0.15) is 70.5 Å². The predicted molar refractivity (Wildman–Crippen MR) is 189 cm³/mol. The molecule has 266 valence electrons. The number of tetrazole rings is 1. The minimum Gasteiger partial charge on any atom is -0.387 e. The number of aromatic nitrogens is 9. The molecular formula is C36H38N12O4. The molecule has 52 heavy (non-hydrogen) atoms. The Morgan fingerprint density at radius 2 is 1.75 bits per heavy atom. The van der Waals surface area contributed by atoms with Crippen LogP contribution in [0, 0.1) is 0 Å². The number of ether oxygens (including phenoxy) is 1. The minimum atomic E-state index is -1.35. The van der Waals surface area contributed by atoms with E-state index in [1.807, 2.05) is 48.2 Å². The lowest BCUT2D eigenvalue weighted by atomic mass is 9.91.